The van der Waals surface area contributed by atoms with Crippen molar-refractivity contribution in [2.75, 3.05) is 12.3 Å². The van der Waals surface area contributed by atoms with Crippen LogP contribution in [0.3, 0.4) is 0 Å². The molecule has 0 unspecified atom stereocenters. The highest BCUT2D eigenvalue weighted by Crippen LogP contribution is 2.19. The van der Waals surface area contributed by atoms with Crippen LogP contribution in [-0.2, 0) is 14.8 Å². The average molecular weight is 295 g/mol. The minimum Gasteiger partial charge on any atom is -0.462 e. The number of benzene rings is 1. The fraction of sp³-hybridized carbons (Fsp3) is 0.167. The van der Waals surface area contributed by atoms with Crippen LogP contribution >= 0.6 is 0 Å². The van der Waals surface area contributed by atoms with Crippen molar-refractivity contribution in [3.8, 4) is 0 Å². The molecule has 7 nitrogen and oxygen atoms in total. The molecule has 106 valence electrons. The third-order valence-corrected chi connectivity index (χ3v) is 4.15. The van der Waals surface area contributed by atoms with Gasteiger partial charge in [-0.1, -0.05) is 18.2 Å². The van der Waals surface area contributed by atoms with Gasteiger partial charge in [0.15, 0.2) is 5.82 Å². The number of carbonyl (C=O) groups is 1. The van der Waals surface area contributed by atoms with Crippen LogP contribution in [0.1, 0.15) is 17.3 Å². The SMILES string of the molecule is CCOC(=O)c1cnn(S(=O)(=O)c2ccccc2)c1N. The summed E-state index contributed by atoms with van der Waals surface area (Å²) in [6.07, 6.45) is 1.08. The van der Waals surface area contributed by atoms with Gasteiger partial charge in [0.05, 0.1) is 17.7 Å². The molecule has 0 bridgehead atoms. The van der Waals surface area contributed by atoms with Crippen LogP contribution in [0, 0.1) is 0 Å². The van der Waals surface area contributed by atoms with E-state index in [0.717, 1.165) is 6.20 Å². The topological polar surface area (TPSA) is 104 Å². The van der Waals surface area contributed by atoms with Crippen molar-refractivity contribution >= 4 is 21.8 Å². The highest BCUT2D eigenvalue weighted by Gasteiger charge is 2.25. The van der Waals surface area contributed by atoms with Crippen molar-refractivity contribution in [2.45, 2.75) is 11.8 Å². The molecule has 8 heteroatoms. The lowest BCUT2D eigenvalue weighted by Gasteiger charge is -2.06. The zero-order valence-corrected chi connectivity index (χ0v) is 11.5. The van der Waals surface area contributed by atoms with Gasteiger partial charge in [-0.2, -0.15) is 13.5 Å². The monoisotopic (exact) mass is 295 g/mol. The molecule has 2 N–H and O–H groups in total. The maximum atomic E-state index is 12.3. The maximum Gasteiger partial charge on any atom is 0.343 e. The third kappa shape index (κ3) is 2.37. The van der Waals surface area contributed by atoms with Crippen LogP contribution in [0.25, 0.3) is 0 Å². The molecule has 2 aromatic rings. The van der Waals surface area contributed by atoms with Gasteiger partial charge in [-0.05, 0) is 19.1 Å². The van der Waals surface area contributed by atoms with Crippen LogP contribution in [0.2, 0.25) is 0 Å². The van der Waals surface area contributed by atoms with Gasteiger partial charge in [0.2, 0.25) is 0 Å². The molecule has 0 aliphatic carbocycles. The van der Waals surface area contributed by atoms with E-state index in [4.69, 9.17) is 10.5 Å². The molecule has 20 heavy (non-hydrogen) atoms. The first-order valence-electron chi connectivity index (χ1n) is 5.79. The minimum absolute atomic E-state index is 0.0326. The molecule has 2 rings (SSSR count). The lowest BCUT2D eigenvalue weighted by Crippen LogP contribution is -2.18. The summed E-state index contributed by atoms with van der Waals surface area (Å²) in [7, 11) is -3.92. The first-order valence-corrected chi connectivity index (χ1v) is 7.23. The summed E-state index contributed by atoms with van der Waals surface area (Å²) in [5, 5.41) is 3.67. The molecular formula is C12H13N3O4S. The van der Waals surface area contributed by atoms with E-state index < -0.39 is 16.0 Å². The van der Waals surface area contributed by atoms with E-state index in [1.54, 1.807) is 25.1 Å². The van der Waals surface area contributed by atoms with Crippen molar-refractivity contribution in [1.29, 1.82) is 0 Å². The second kappa shape index (κ2) is 5.33. The van der Waals surface area contributed by atoms with Crippen molar-refractivity contribution in [3.63, 3.8) is 0 Å². The van der Waals surface area contributed by atoms with E-state index in [-0.39, 0.29) is 22.9 Å². The molecular weight excluding hydrogens is 282 g/mol. The number of carbonyl (C=O) groups excluding carboxylic acids is 1. The van der Waals surface area contributed by atoms with Crippen LogP contribution < -0.4 is 5.73 Å². The molecule has 0 spiro atoms. The summed E-state index contributed by atoms with van der Waals surface area (Å²) in [6.45, 7) is 1.80. The number of nitrogens with zero attached hydrogens (tertiary/aromatic N) is 2. The minimum atomic E-state index is -3.92. The predicted octanol–water partition coefficient (Wildman–Crippen LogP) is 0.879. The molecule has 1 aromatic carbocycles. The fourth-order valence-corrected chi connectivity index (χ4v) is 2.82. The Morgan fingerprint density at radius 2 is 2.00 bits per heavy atom. The number of aromatic nitrogens is 2. The van der Waals surface area contributed by atoms with Crippen LogP contribution in [0.5, 0.6) is 0 Å². The van der Waals surface area contributed by atoms with E-state index in [9.17, 15) is 13.2 Å². The van der Waals surface area contributed by atoms with Crippen LogP contribution in [0.15, 0.2) is 41.4 Å². The Morgan fingerprint density at radius 1 is 1.35 bits per heavy atom. The maximum absolute atomic E-state index is 12.3. The molecule has 0 saturated heterocycles. The van der Waals surface area contributed by atoms with Crippen molar-refractivity contribution in [3.05, 3.63) is 42.1 Å². The smallest absolute Gasteiger partial charge is 0.343 e. The quantitative estimate of drug-likeness (QED) is 0.839. The number of hydrogen-bond acceptors (Lipinski definition) is 6. The van der Waals surface area contributed by atoms with Gasteiger partial charge >= 0.3 is 5.97 Å². The largest absolute Gasteiger partial charge is 0.462 e. The van der Waals surface area contributed by atoms with E-state index in [0.29, 0.717) is 4.09 Å². The van der Waals surface area contributed by atoms with Gasteiger partial charge in [0, 0.05) is 0 Å². The lowest BCUT2D eigenvalue weighted by atomic mass is 10.3. The summed E-state index contributed by atoms with van der Waals surface area (Å²) in [4.78, 5) is 11.6. The third-order valence-electron chi connectivity index (χ3n) is 2.54. The zero-order valence-electron chi connectivity index (χ0n) is 10.7. The predicted molar refractivity (Wildman–Crippen MR) is 71.6 cm³/mol. The van der Waals surface area contributed by atoms with E-state index in [1.807, 2.05) is 0 Å². The molecule has 0 atom stereocenters. The Kier molecular flexibility index (Phi) is 3.75. The van der Waals surface area contributed by atoms with Crippen molar-refractivity contribution in [1.82, 2.24) is 9.19 Å². The Hall–Kier alpha value is -2.35. The van der Waals surface area contributed by atoms with Gasteiger partial charge < -0.3 is 10.5 Å². The number of rotatable bonds is 4. The van der Waals surface area contributed by atoms with Crippen molar-refractivity contribution in [2.24, 2.45) is 0 Å². The van der Waals surface area contributed by atoms with Gasteiger partial charge in [-0.3, -0.25) is 0 Å². The lowest BCUT2D eigenvalue weighted by molar-refractivity contribution is 0.0527. The molecule has 1 aromatic heterocycles. The summed E-state index contributed by atoms with van der Waals surface area (Å²) in [5.74, 6) is -0.980. The van der Waals surface area contributed by atoms with Gasteiger partial charge in [0.1, 0.15) is 5.56 Å². The summed E-state index contributed by atoms with van der Waals surface area (Å²) in [5.41, 5.74) is 5.60. The number of esters is 1. The summed E-state index contributed by atoms with van der Waals surface area (Å²) < 4.78 is 30.0. The number of nitrogen functional groups attached to an aromatic ring is 1. The Morgan fingerprint density at radius 3 is 2.60 bits per heavy atom. The van der Waals surface area contributed by atoms with Crippen LogP contribution in [0.4, 0.5) is 5.82 Å². The van der Waals surface area contributed by atoms with Crippen molar-refractivity contribution < 1.29 is 17.9 Å². The van der Waals surface area contributed by atoms with Gasteiger partial charge in [-0.25, -0.2) is 4.79 Å². The molecule has 0 aliphatic rings. The number of hydrogen-bond donors (Lipinski definition) is 1. The average Bonchev–Trinajstić information content (AvgIpc) is 2.82. The Labute approximate surface area is 116 Å². The van der Waals surface area contributed by atoms with Gasteiger partial charge in [-0.15, -0.1) is 4.09 Å². The second-order valence-corrected chi connectivity index (χ2v) is 5.59. The van der Waals surface area contributed by atoms with Gasteiger partial charge in [0.25, 0.3) is 10.0 Å². The van der Waals surface area contributed by atoms with E-state index in [1.165, 1.54) is 12.1 Å². The highest BCUT2D eigenvalue weighted by atomic mass is 32.2. The standard InChI is InChI=1S/C12H13N3O4S/c1-2-19-12(16)10-8-14-15(11(10)13)20(17,18)9-6-4-3-5-7-9/h3-8H,2,13H2,1H3. The second-order valence-electron chi connectivity index (χ2n) is 3.83. The molecule has 0 saturated carbocycles. The highest BCUT2D eigenvalue weighted by molar-refractivity contribution is 7.90. The molecule has 1 heterocycles. The first-order chi connectivity index (χ1) is 9.48. The molecule has 0 amide bonds. The van der Waals surface area contributed by atoms with E-state index >= 15 is 0 Å². The fourth-order valence-electron chi connectivity index (χ4n) is 1.59. The molecule has 0 radical (unpaired) electrons. The summed E-state index contributed by atoms with van der Waals surface area (Å²) in [6, 6.07) is 7.69. The summed E-state index contributed by atoms with van der Waals surface area (Å²) >= 11 is 0. The molecule has 0 fully saturated rings. The Bertz CT molecular complexity index is 722. The number of anilines is 1. The Balaban J connectivity index is 2.47. The molecule has 0 aliphatic heterocycles. The number of nitrogens with two attached hydrogens (primary N) is 1. The number of ether oxygens (including phenoxy) is 1. The zero-order chi connectivity index (χ0) is 14.8. The first kappa shape index (κ1) is 14.1. The normalized spacial score (nSPS) is 11.2. The van der Waals surface area contributed by atoms with Crippen LogP contribution in [-0.4, -0.2) is 30.2 Å². The van der Waals surface area contributed by atoms with E-state index in [2.05, 4.69) is 5.10 Å².